The van der Waals surface area contributed by atoms with Crippen molar-refractivity contribution < 1.29 is 24.0 Å². The molecule has 0 amide bonds. The van der Waals surface area contributed by atoms with Crippen molar-refractivity contribution in [2.45, 2.75) is 46.6 Å². The zero-order chi connectivity index (χ0) is 15.7. The molecule has 0 aromatic carbocycles. The van der Waals surface area contributed by atoms with Crippen LogP contribution in [0.15, 0.2) is 0 Å². The van der Waals surface area contributed by atoms with E-state index < -0.39 is 34.7 Å². The Morgan fingerprint density at radius 2 is 1.45 bits per heavy atom. The van der Waals surface area contributed by atoms with Gasteiger partial charge in [-0.2, -0.15) is 0 Å². The van der Waals surface area contributed by atoms with E-state index >= 15 is 0 Å². The summed E-state index contributed by atoms with van der Waals surface area (Å²) in [4.78, 5) is 34.6. The van der Waals surface area contributed by atoms with Crippen molar-refractivity contribution in [2.24, 2.45) is 11.8 Å². The van der Waals surface area contributed by atoms with Gasteiger partial charge in [-0.1, -0.05) is 13.8 Å². The zero-order valence-corrected chi connectivity index (χ0v) is 12.5. The monoisotopic (exact) mass is 289 g/mol. The van der Waals surface area contributed by atoms with Crippen molar-refractivity contribution in [3.63, 3.8) is 0 Å². The second-order valence-corrected chi connectivity index (χ2v) is 4.31. The van der Waals surface area contributed by atoms with Crippen LogP contribution in [0.2, 0.25) is 0 Å². The Morgan fingerprint density at radius 1 is 1.00 bits per heavy atom. The first-order valence-electron chi connectivity index (χ1n) is 6.91. The molecular weight excluding hydrogens is 266 g/mol. The van der Waals surface area contributed by atoms with Crippen LogP contribution in [-0.2, 0) is 19.1 Å². The van der Waals surface area contributed by atoms with Crippen molar-refractivity contribution in [2.75, 3.05) is 13.2 Å². The summed E-state index contributed by atoms with van der Waals surface area (Å²) in [6, 6.07) is -0.973. The molecule has 2 atom stereocenters. The normalized spacial score (nSPS) is 13.7. The number of esters is 2. The minimum Gasteiger partial charge on any atom is -0.465 e. The molecule has 0 saturated carbocycles. The summed E-state index contributed by atoms with van der Waals surface area (Å²) in [5.41, 5.74) is 0. The molecular formula is C13H23NO6. The molecule has 0 spiro atoms. The van der Waals surface area contributed by atoms with E-state index in [9.17, 15) is 19.7 Å². The Bertz CT molecular complexity index is 326. The molecule has 0 N–H and O–H groups in total. The summed E-state index contributed by atoms with van der Waals surface area (Å²) in [5.74, 6) is -3.47. The quantitative estimate of drug-likeness (QED) is 0.278. The molecule has 0 aromatic heterocycles. The topological polar surface area (TPSA) is 95.7 Å². The third-order valence-corrected chi connectivity index (χ3v) is 3.16. The summed E-state index contributed by atoms with van der Waals surface area (Å²) in [5, 5.41) is 11.1. The molecule has 0 aliphatic rings. The third-order valence-electron chi connectivity index (χ3n) is 3.16. The summed E-state index contributed by atoms with van der Waals surface area (Å²) in [6.45, 7) is 6.82. The number of nitrogens with zero attached hydrogens (tertiary/aromatic N) is 1. The molecule has 0 saturated heterocycles. The molecule has 0 aliphatic heterocycles. The molecule has 0 bridgehead atoms. The number of carbonyl (C=O) groups excluding carboxylic acids is 2. The molecule has 2 unspecified atom stereocenters. The number of hydrogen-bond acceptors (Lipinski definition) is 6. The Hall–Kier alpha value is -1.66. The second kappa shape index (κ2) is 9.28. The van der Waals surface area contributed by atoms with E-state index in [1.54, 1.807) is 27.7 Å². The van der Waals surface area contributed by atoms with Crippen LogP contribution in [0.5, 0.6) is 0 Å². The molecule has 0 heterocycles. The van der Waals surface area contributed by atoms with E-state index in [0.29, 0.717) is 6.42 Å². The Kier molecular flexibility index (Phi) is 8.51. The summed E-state index contributed by atoms with van der Waals surface area (Å²) in [7, 11) is 0. The van der Waals surface area contributed by atoms with Gasteiger partial charge >= 0.3 is 11.9 Å². The van der Waals surface area contributed by atoms with Crippen LogP contribution >= 0.6 is 0 Å². The lowest BCUT2D eigenvalue weighted by Crippen LogP contribution is -2.42. The highest BCUT2D eigenvalue weighted by atomic mass is 16.6. The van der Waals surface area contributed by atoms with Crippen LogP contribution in [0.3, 0.4) is 0 Å². The fourth-order valence-electron chi connectivity index (χ4n) is 2.25. The minimum atomic E-state index is -1.24. The van der Waals surface area contributed by atoms with Gasteiger partial charge in [0.1, 0.15) is 0 Å². The zero-order valence-electron chi connectivity index (χ0n) is 12.5. The van der Waals surface area contributed by atoms with Crippen LogP contribution in [0.4, 0.5) is 0 Å². The average molecular weight is 289 g/mol. The van der Waals surface area contributed by atoms with Gasteiger partial charge in [0.2, 0.25) is 6.04 Å². The van der Waals surface area contributed by atoms with E-state index in [1.807, 2.05) is 0 Å². The third kappa shape index (κ3) is 4.79. The number of ether oxygens (including phenoxy) is 2. The predicted octanol–water partition coefficient (Wildman–Crippen LogP) is 1.81. The molecule has 7 nitrogen and oxygen atoms in total. The highest BCUT2D eigenvalue weighted by molar-refractivity contribution is 5.95. The van der Waals surface area contributed by atoms with Crippen molar-refractivity contribution >= 4 is 11.9 Å². The molecule has 20 heavy (non-hydrogen) atoms. The van der Waals surface area contributed by atoms with Gasteiger partial charge in [0.15, 0.2) is 5.92 Å². The highest BCUT2D eigenvalue weighted by Crippen LogP contribution is 2.26. The Labute approximate surface area is 118 Å². The van der Waals surface area contributed by atoms with Crippen LogP contribution < -0.4 is 0 Å². The van der Waals surface area contributed by atoms with Gasteiger partial charge in [-0.05, 0) is 20.3 Å². The maximum Gasteiger partial charge on any atom is 0.320 e. The SMILES string of the molecule is CCOC(=O)C(C(=O)OCC)C(CC)C(CC)[N+](=O)[O-]. The number of rotatable bonds is 9. The van der Waals surface area contributed by atoms with Gasteiger partial charge in [0, 0.05) is 11.3 Å². The lowest BCUT2D eigenvalue weighted by molar-refractivity contribution is -0.534. The van der Waals surface area contributed by atoms with Crippen LogP contribution in [0.25, 0.3) is 0 Å². The molecule has 0 rings (SSSR count). The Morgan fingerprint density at radius 3 is 1.70 bits per heavy atom. The standard InChI is InChI=1S/C13H23NO6/c1-5-9(10(6-2)14(17)18)11(12(15)19-7-3)13(16)20-8-4/h9-11H,5-8H2,1-4H3. The lowest BCUT2D eigenvalue weighted by Gasteiger charge is -2.24. The first kappa shape index (κ1) is 18.3. The van der Waals surface area contributed by atoms with E-state index in [-0.39, 0.29) is 19.6 Å². The maximum atomic E-state index is 12.0. The minimum absolute atomic E-state index is 0.112. The molecule has 0 aliphatic carbocycles. The lowest BCUT2D eigenvalue weighted by atomic mass is 9.83. The summed E-state index contributed by atoms with van der Waals surface area (Å²) in [6.07, 6.45) is 0.558. The van der Waals surface area contributed by atoms with Gasteiger partial charge in [0.25, 0.3) is 0 Å². The van der Waals surface area contributed by atoms with Crippen molar-refractivity contribution in [1.82, 2.24) is 0 Å². The van der Waals surface area contributed by atoms with Crippen molar-refractivity contribution in [1.29, 1.82) is 0 Å². The van der Waals surface area contributed by atoms with Gasteiger partial charge in [-0.15, -0.1) is 0 Å². The average Bonchev–Trinajstić information content (AvgIpc) is 2.38. The number of carbonyl (C=O) groups is 2. The first-order chi connectivity index (χ1) is 9.44. The Balaban J connectivity index is 5.37. The number of nitro groups is 1. The van der Waals surface area contributed by atoms with Gasteiger partial charge in [0.05, 0.1) is 19.1 Å². The van der Waals surface area contributed by atoms with E-state index in [0.717, 1.165) is 0 Å². The second-order valence-electron chi connectivity index (χ2n) is 4.31. The van der Waals surface area contributed by atoms with Gasteiger partial charge < -0.3 is 9.47 Å². The highest BCUT2D eigenvalue weighted by Gasteiger charge is 2.44. The largest absolute Gasteiger partial charge is 0.465 e. The maximum absolute atomic E-state index is 12.0. The fourth-order valence-corrected chi connectivity index (χ4v) is 2.25. The van der Waals surface area contributed by atoms with Crippen LogP contribution in [-0.4, -0.2) is 36.1 Å². The summed E-state index contributed by atoms with van der Waals surface area (Å²) < 4.78 is 9.73. The van der Waals surface area contributed by atoms with Gasteiger partial charge in [-0.25, -0.2) is 0 Å². The van der Waals surface area contributed by atoms with E-state index in [2.05, 4.69) is 0 Å². The molecule has 7 heteroatoms. The first-order valence-corrected chi connectivity index (χ1v) is 6.91. The van der Waals surface area contributed by atoms with E-state index in [1.165, 1.54) is 0 Å². The molecule has 0 aromatic rings. The fraction of sp³-hybridized carbons (Fsp3) is 0.846. The van der Waals surface area contributed by atoms with Crippen LogP contribution in [0, 0.1) is 22.0 Å². The summed E-state index contributed by atoms with van der Waals surface area (Å²) >= 11 is 0. The van der Waals surface area contributed by atoms with E-state index in [4.69, 9.17) is 9.47 Å². The van der Waals surface area contributed by atoms with Crippen molar-refractivity contribution in [3.8, 4) is 0 Å². The van der Waals surface area contributed by atoms with Gasteiger partial charge in [-0.3, -0.25) is 19.7 Å². The predicted molar refractivity (Wildman–Crippen MR) is 71.6 cm³/mol. The molecule has 0 radical (unpaired) electrons. The number of hydrogen-bond donors (Lipinski definition) is 0. The van der Waals surface area contributed by atoms with Crippen molar-refractivity contribution in [3.05, 3.63) is 10.1 Å². The molecule has 116 valence electrons. The smallest absolute Gasteiger partial charge is 0.320 e. The van der Waals surface area contributed by atoms with Crippen LogP contribution in [0.1, 0.15) is 40.5 Å². The molecule has 0 fully saturated rings.